The first-order valence-electron chi connectivity index (χ1n) is 6.85. The highest BCUT2D eigenvalue weighted by Crippen LogP contribution is 2.45. The Balaban J connectivity index is 1.62. The lowest BCUT2D eigenvalue weighted by molar-refractivity contribution is 0.0775. The fraction of sp³-hybridized carbons (Fsp3) is 0.429. The zero-order chi connectivity index (χ0) is 13.7. The monoisotopic (exact) mass is 269 g/mol. The molecule has 1 aliphatic carbocycles. The van der Waals surface area contributed by atoms with E-state index in [1.165, 1.54) is 6.42 Å². The van der Waals surface area contributed by atoms with Crippen molar-refractivity contribution in [1.29, 1.82) is 0 Å². The topological polar surface area (TPSA) is 63.9 Å². The van der Waals surface area contributed by atoms with Crippen LogP contribution >= 0.6 is 0 Å². The quantitative estimate of drug-likeness (QED) is 0.818. The largest absolute Gasteiger partial charge is 0.338 e. The van der Waals surface area contributed by atoms with E-state index in [-0.39, 0.29) is 5.91 Å². The molecule has 102 valence electrons. The van der Waals surface area contributed by atoms with E-state index < -0.39 is 0 Å². The lowest BCUT2D eigenvalue weighted by Gasteiger charge is -2.17. The van der Waals surface area contributed by atoms with Gasteiger partial charge in [-0.15, -0.1) is 0 Å². The van der Waals surface area contributed by atoms with E-state index in [1.54, 1.807) is 29.3 Å². The minimum Gasteiger partial charge on any atom is -0.338 e. The van der Waals surface area contributed by atoms with Gasteiger partial charge in [-0.3, -0.25) is 4.79 Å². The second-order valence-corrected chi connectivity index (χ2v) is 5.59. The first-order chi connectivity index (χ1) is 9.72. The van der Waals surface area contributed by atoms with Gasteiger partial charge in [0, 0.05) is 31.7 Å². The van der Waals surface area contributed by atoms with E-state index >= 15 is 0 Å². The van der Waals surface area contributed by atoms with Crippen molar-refractivity contribution in [1.82, 2.24) is 24.6 Å². The molecule has 1 amide bonds. The van der Waals surface area contributed by atoms with Crippen molar-refractivity contribution >= 4 is 5.91 Å². The van der Waals surface area contributed by atoms with Crippen LogP contribution in [0.1, 0.15) is 22.5 Å². The molecule has 6 heteroatoms. The molecular weight excluding hydrogens is 254 g/mol. The van der Waals surface area contributed by atoms with Crippen LogP contribution in [-0.4, -0.2) is 43.6 Å². The van der Waals surface area contributed by atoms with Gasteiger partial charge < -0.3 is 4.90 Å². The number of nitrogens with zero attached hydrogens (tertiary/aromatic N) is 5. The first-order valence-corrected chi connectivity index (χ1v) is 6.85. The van der Waals surface area contributed by atoms with Gasteiger partial charge in [0.2, 0.25) is 5.95 Å². The maximum Gasteiger partial charge on any atom is 0.257 e. The smallest absolute Gasteiger partial charge is 0.257 e. The van der Waals surface area contributed by atoms with Crippen LogP contribution in [0.5, 0.6) is 0 Å². The third-order valence-corrected chi connectivity index (χ3v) is 4.15. The molecule has 2 fully saturated rings. The van der Waals surface area contributed by atoms with Crippen LogP contribution in [0.2, 0.25) is 0 Å². The number of carbonyl (C=O) groups is 1. The predicted molar refractivity (Wildman–Crippen MR) is 71.4 cm³/mol. The molecule has 1 saturated carbocycles. The van der Waals surface area contributed by atoms with Gasteiger partial charge in [0.15, 0.2) is 0 Å². The Morgan fingerprint density at radius 2 is 1.95 bits per heavy atom. The molecule has 0 radical (unpaired) electrons. The summed E-state index contributed by atoms with van der Waals surface area (Å²) in [4.78, 5) is 22.7. The molecule has 4 rings (SSSR count). The fourth-order valence-electron chi connectivity index (χ4n) is 2.92. The summed E-state index contributed by atoms with van der Waals surface area (Å²) in [6.45, 7) is 3.65. The average Bonchev–Trinajstić information content (AvgIpc) is 2.91. The molecule has 2 aromatic rings. The van der Waals surface area contributed by atoms with Crippen molar-refractivity contribution in [3.63, 3.8) is 0 Å². The molecule has 6 nitrogen and oxygen atoms in total. The second kappa shape index (κ2) is 4.13. The highest BCUT2D eigenvalue weighted by atomic mass is 16.2. The van der Waals surface area contributed by atoms with Crippen molar-refractivity contribution in [2.75, 3.05) is 13.1 Å². The van der Waals surface area contributed by atoms with Crippen molar-refractivity contribution in [3.05, 3.63) is 35.9 Å². The van der Waals surface area contributed by atoms with Gasteiger partial charge in [0.05, 0.1) is 11.3 Å². The zero-order valence-corrected chi connectivity index (χ0v) is 11.2. The van der Waals surface area contributed by atoms with Gasteiger partial charge in [-0.2, -0.15) is 5.10 Å². The third-order valence-electron chi connectivity index (χ3n) is 4.15. The van der Waals surface area contributed by atoms with Crippen LogP contribution in [-0.2, 0) is 0 Å². The number of likely N-dealkylation sites (tertiary alicyclic amines) is 1. The van der Waals surface area contributed by atoms with Gasteiger partial charge >= 0.3 is 0 Å². The highest BCUT2D eigenvalue weighted by Gasteiger charge is 2.46. The Kier molecular flexibility index (Phi) is 2.39. The van der Waals surface area contributed by atoms with Crippen LogP contribution < -0.4 is 0 Å². The van der Waals surface area contributed by atoms with E-state index in [2.05, 4.69) is 15.1 Å². The molecule has 2 aromatic heterocycles. The van der Waals surface area contributed by atoms with Crippen LogP contribution in [0.15, 0.2) is 24.7 Å². The summed E-state index contributed by atoms with van der Waals surface area (Å²) in [5.74, 6) is 2.05. The Morgan fingerprint density at radius 1 is 1.25 bits per heavy atom. The molecule has 1 aliphatic heterocycles. The SMILES string of the molecule is Cc1nn(-c2ncccn2)cc1C(=O)N1CC2CC2C1. The normalized spacial score (nSPS) is 23.8. The maximum absolute atomic E-state index is 12.5. The minimum absolute atomic E-state index is 0.0804. The van der Waals surface area contributed by atoms with Gasteiger partial charge in [-0.1, -0.05) is 0 Å². The van der Waals surface area contributed by atoms with Crippen molar-refractivity contribution in [3.8, 4) is 5.95 Å². The minimum atomic E-state index is 0.0804. The number of aromatic nitrogens is 4. The van der Waals surface area contributed by atoms with E-state index in [0.717, 1.165) is 30.6 Å². The molecule has 2 aliphatic rings. The maximum atomic E-state index is 12.5. The predicted octanol–water partition coefficient (Wildman–Crippen LogP) is 1.06. The third kappa shape index (κ3) is 1.79. The lowest BCUT2D eigenvalue weighted by atomic mass is 10.2. The van der Waals surface area contributed by atoms with Crippen LogP contribution in [0.4, 0.5) is 0 Å². The van der Waals surface area contributed by atoms with E-state index in [4.69, 9.17) is 0 Å². The molecule has 1 saturated heterocycles. The Labute approximate surface area is 116 Å². The number of hydrogen-bond donors (Lipinski definition) is 0. The van der Waals surface area contributed by atoms with Gasteiger partial charge in [-0.25, -0.2) is 14.6 Å². The van der Waals surface area contributed by atoms with Crippen molar-refractivity contribution < 1.29 is 4.79 Å². The molecular formula is C14H15N5O. The van der Waals surface area contributed by atoms with Crippen LogP contribution in [0.25, 0.3) is 5.95 Å². The summed E-state index contributed by atoms with van der Waals surface area (Å²) in [5.41, 5.74) is 1.38. The summed E-state index contributed by atoms with van der Waals surface area (Å²) in [6.07, 6.45) is 6.35. The second-order valence-electron chi connectivity index (χ2n) is 5.59. The number of rotatable bonds is 2. The highest BCUT2D eigenvalue weighted by molar-refractivity contribution is 5.95. The van der Waals surface area contributed by atoms with E-state index in [1.807, 2.05) is 11.8 Å². The number of amides is 1. The summed E-state index contributed by atoms with van der Waals surface area (Å²) in [5, 5.41) is 4.35. The van der Waals surface area contributed by atoms with E-state index in [0.29, 0.717) is 11.5 Å². The molecule has 2 atom stereocenters. The van der Waals surface area contributed by atoms with Crippen molar-refractivity contribution in [2.24, 2.45) is 11.8 Å². The number of piperidine rings is 1. The van der Waals surface area contributed by atoms with Crippen LogP contribution in [0, 0.1) is 18.8 Å². The molecule has 3 heterocycles. The summed E-state index contributed by atoms with van der Waals surface area (Å²) in [6, 6.07) is 1.75. The number of hydrogen-bond acceptors (Lipinski definition) is 4. The molecule has 2 unspecified atom stereocenters. The van der Waals surface area contributed by atoms with Crippen LogP contribution in [0.3, 0.4) is 0 Å². The first kappa shape index (κ1) is 11.6. The number of carbonyl (C=O) groups excluding carboxylic acids is 1. The number of fused-ring (bicyclic) bond motifs is 1. The number of aryl methyl sites for hydroxylation is 1. The molecule has 20 heavy (non-hydrogen) atoms. The Morgan fingerprint density at radius 3 is 2.65 bits per heavy atom. The van der Waals surface area contributed by atoms with Crippen molar-refractivity contribution in [2.45, 2.75) is 13.3 Å². The van der Waals surface area contributed by atoms with Gasteiger partial charge in [0.1, 0.15) is 0 Å². The average molecular weight is 269 g/mol. The molecule has 0 spiro atoms. The fourth-order valence-corrected chi connectivity index (χ4v) is 2.92. The summed E-state index contributed by atoms with van der Waals surface area (Å²) >= 11 is 0. The summed E-state index contributed by atoms with van der Waals surface area (Å²) in [7, 11) is 0. The molecule has 0 aromatic carbocycles. The zero-order valence-electron chi connectivity index (χ0n) is 11.2. The Bertz CT molecular complexity index is 655. The van der Waals surface area contributed by atoms with Gasteiger partial charge in [0.25, 0.3) is 5.91 Å². The molecule has 0 N–H and O–H groups in total. The standard InChI is InChI=1S/C14H15N5O/c1-9-12(13(20)18-6-10-5-11(10)7-18)8-19(17-9)14-15-3-2-4-16-14/h2-4,8,10-11H,5-7H2,1H3. The van der Waals surface area contributed by atoms with E-state index in [9.17, 15) is 4.79 Å². The summed E-state index contributed by atoms with van der Waals surface area (Å²) < 4.78 is 1.57. The lowest BCUT2D eigenvalue weighted by Crippen LogP contribution is -2.30. The van der Waals surface area contributed by atoms with Gasteiger partial charge in [-0.05, 0) is 31.2 Å². The molecule has 0 bridgehead atoms. The Hall–Kier alpha value is -2.24.